The lowest BCUT2D eigenvalue weighted by Crippen LogP contribution is -2.27. The first-order valence-electron chi connectivity index (χ1n) is 9.10. The van der Waals surface area contributed by atoms with Crippen molar-refractivity contribution in [3.8, 4) is 0 Å². The van der Waals surface area contributed by atoms with Crippen LogP contribution in [0.4, 0.5) is 24.5 Å². The predicted molar refractivity (Wildman–Crippen MR) is 105 cm³/mol. The molecule has 0 saturated carbocycles. The first-order valence-corrected chi connectivity index (χ1v) is 10.6. The lowest BCUT2D eigenvalue weighted by molar-refractivity contribution is -0.137. The van der Waals surface area contributed by atoms with Gasteiger partial charge in [0, 0.05) is 18.8 Å². The molecule has 0 aliphatic carbocycles. The molecule has 8 heteroatoms. The van der Waals surface area contributed by atoms with Gasteiger partial charge in [0.25, 0.3) is 0 Å². The molecule has 154 valence electrons. The third-order valence-corrected chi connectivity index (χ3v) is 6.37. The average molecular weight is 414 g/mol. The maximum Gasteiger partial charge on any atom is 0.418 e. The van der Waals surface area contributed by atoms with Crippen LogP contribution in [0.1, 0.15) is 37.8 Å². The minimum atomic E-state index is -4.74. The first kappa shape index (κ1) is 22.1. The van der Waals surface area contributed by atoms with E-state index in [2.05, 4.69) is 0 Å². The second kappa shape index (κ2) is 8.43. The van der Waals surface area contributed by atoms with E-state index < -0.39 is 32.2 Å². The number of hydrogen-bond acceptors (Lipinski definition) is 4. The van der Waals surface area contributed by atoms with Crippen molar-refractivity contribution >= 4 is 21.2 Å². The minimum absolute atomic E-state index is 0.0368. The van der Waals surface area contributed by atoms with E-state index in [1.54, 1.807) is 25.1 Å². The lowest BCUT2D eigenvalue weighted by Gasteiger charge is -2.27. The van der Waals surface area contributed by atoms with Gasteiger partial charge in [-0.2, -0.15) is 13.2 Å². The maximum absolute atomic E-state index is 13.3. The van der Waals surface area contributed by atoms with Crippen molar-refractivity contribution in [2.75, 3.05) is 23.7 Å². The second-order valence-electron chi connectivity index (χ2n) is 6.66. The van der Waals surface area contributed by atoms with Crippen LogP contribution in [0.3, 0.4) is 0 Å². The third-order valence-electron chi connectivity index (χ3n) is 4.43. The van der Waals surface area contributed by atoms with Crippen LogP contribution in [-0.2, 0) is 16.0 Å². The molecule has 0 aromatic heterocycles. The van der Waals surface area contributed by atoms with E-state index in [1.165, 1.54) is 0 Å². The number of nitrogens with two attached hydrogens (primary N) is 1. The van der Waals surface area contributed by atoms with E-state index in [0.29, 0.717) is 30.4 Å². The second-order valence-corrected chi connectivity index (χ2v) is 8.55. The highest BCUT2D eigenvalue weighted by molar-refractivity contribution is 7.91. The van der Waals surface area contributed by atoms with Crippen molar-refractivity contribution in [1.29, 1.82) is 0 Å². The maximum atomic E-state index is 13.3. The molecule has 2 aromatic rings. The zero-order chi connectivity index (χ0) is 21.1. The first-order chi connectivity index (χ1) is 13.0. The van der Waals surface area contributed by atoms with Crippen LogP contribution in [-0.4, -0.2) is 21.5 Å². The van der Waals surface area contributed by atoms with Crippen LogP contribution in [0.5, 0.6) is 0 Å². The molecular formula is C20H25F3N2O2S. The molecular weight excluding hydrogens is 389 g/mol. The van der Waals surface area contributed by atoms with E-state index >= 15 is 0 Å². The number of benzene rings is 2. The Labute approximate surface area is 164 Å². The van der Waals surface area contributed by atoms with E-state index in [-0.39, 0.29) is 4.90 Å². The van der Waals surface area contributed by atoms with E-state index in [9.17, 15) is 21.6 Å². The van der Waals surface area contributed by atoms with Gasteiger partial charge in [-0.05, 0) is 49.6 Å². The molecule has 0 bridgehead atoms. The number of nitrogens with zero attached hydrogens (tertiary/aromatic N) is 1. The number of rotatable bonds is 7. The van der Waals surface area contributed by atoms with Gasteiger partial charge in [-0.25, -0.2) is 8.42 Å². The number of anilines is 2. The van der Waals surface area contributed by atoms with Gasteiger partial charge >= 0.3 is 6.18 Å². The van der Waals surface area contributed by atoms with E-state index in [0.717, 1.165) is 25.0 Å². The van der Waals surface area contributed by atoms with Crippen LogP contribution in [0.25, 0.3) is 0 Å². The van der Waals surface area contributed by atoms with Gasteiger partial charge in [-0.1, -0.05) is 26.0 Å². The SMILES string of the molecule is CCCN(CCC)c1cccc(C)c1S(=O)(=O)c1ccc(N)c(C(F)(F)F)c1. The van der Waals surface area contributed by atoms with Crippen molar-refractivity contribution in [2.24, 2.45) is 0 Å². The fourth-order valence-corrected chi connectivity index (χ4v) is 4.91. The standard InChI is InChI=1S/C20H25F3N2O2S/c1-4-11-25(12-5-2)18-8-6-7-14(3)19(18)28(26,27)15-9-10-17(24)16(13-15)20(21,22)23/h6-10,13H,4-5,11-12,24H2,1-3H3. The summed E-state index contributed by atoms with van der Waals surface area (Å²) in [6.45, 7) is 6.92. The molecule has 0 saturated heterocycles. The topological polar surface area (TPSA) is 63.4 Å². The number of halogens is 3. The molecule has 0 aliphatic heterocycles. The Bertz CT molecular complexity index is 935. The molecule has 0 spiro atoms. The Morgan fingerprint density at radius 3 is 2.18 bits per heavy atom. The molecule has 28 heavy (non-hydrogen) atoms. The molecule has 2 rings (SSSR count). The van der Waals surface area contributed by atoms with Crippen molar-refractivity contribution in [2.45, 2.75) is 49.6 Å². The van der Waals surface area contributed by atoms with Crippen LogP contribution in [0.15, 0.2) is 46.2 Å². The summed E-state index contributed by atoms with van der Waals surface area (Å²) < 4.78 is 66.4. The molecule has 2 N–H and O–H groups in total. The Balaban J connectivity index is 2.70. The number of alkyl halides is 3. The van der Waals surface area contributed by atoms with Gasteiger partial charge in [0.1, 0.15) is 0 Å². The molecule has 0 atom stereocenters. The smallest absolute Gasteiger partial charge is 0.398 e. The predicted octanol–water partition coefficient (Wildman–Crippen LogP) is 5.06. The lowest BCUT2D eigenvalue weighted by atomic mass is 10.2. The highest BCUT2D eigenvalue weighted by atomic mass is 32.2. The summed E-state index contributed by atoms with van der Waals surface area (Å²) >= 11 is 0. The Morgan fingerprint density at radius 2 is 1.64 bits per heavy atom. The molecule has 0 fully saturated rings. The van der Waals surface area contributed by atoms with Crippen LogP contribution in [0.2, 0.25) is 0 Å². The molecule has 0 heterocycles. The minimum Gasteiger partial charge on any atom is -0.398 e. The molecule has 0 aliphatic rings. The summed E-state index contributed by atoms with van der Waals surface area (Å²) in [6, 6.07) is 7.84. The van der Waals surface area contributed by atoms with Gasteiger partial charge in [-0.3, -0.25) is 0 Å². The van der Waals surface area contributed by atoms with Gasteiger partial charge in [-0.15, -0.1) is 0 Å². The van der Waals surface area contributed by atoms with Crippen LogP contribution >= 0.6 is 0 Å². The normalized spacial score (nSPS) is 12.2. The fraction of sp³-hybridized carbons (Fsp3) is 0.400. The monoisotopic (exact) mass is 414 g/mol. The van der Waals surface area contributed by atoms with Gasteiger partial charge in [0.15, 0.2) is 0 Å². The quantitative estimate of drug-likeness (QED) is 0.644. The molecule has 0 radical (unpaired) electrons. The summed E-state index contributed by atoms with van der Waals surface area (Å²) in [5, 5.41) is 0. The van der Waals surface area contributed by atoms with Gasteiger partial charge in [0.2, 0.25) is 9.84 Å². The molecule has 0 amide bonds. The number of sulfone groups is 1. The van der Waals surface area contributed by atoms with Crippen molar-refractivity contribution in [1.82, 2.24) is 0 Å². The summed E-state index contributed by atoms with van der Waals surface area (Å²) in [7, 11) is -4.18. The van der Waals surface area contributed by atoms with Crippen LogP contribution < -0.4 is 10.6 Å². The molecule has 0 unspecified atom stereocenters. The average Bonchev–Trinajstić information content (AvgIpc) is 2.60. The van der Waals surface area contributed by atoms with E-state index in [4.69, 9.17) is 5.73 Å². The van der Waals surface area contributed by atoms with Crippen molar-refractivity contribution in [3.05, 3.63) is 47.5 Å². The number of hydrogen-bond donors (Lipinski definition) is 1. The summed E-state index contributed by atoms with van der Waals surface area (Å²) in [4.78, 5) is 1.58. The summed E-state index contributed by atoms with van der Waals surface area (Å²) in [5.41, 5.74) is 4.76. The highest BCUT2D eigenvalue weighted by Crippen LogP contribution is 2.38. The van der Waals surface area contributed by atoms with Crippen molar-refractivity contribution in [3.63, 3.8) is 0 Å². The zero-order valence-corrected chi connectivity index (χ0v) is 17.0. The number of aryl methyl sites for hydroxylation is 1. The fourth-order valence-electron chi connectivity index (χ4n) is 3.19. The Kier molecular flexibility index (Phi) is 6.64. The molecule has 2 aromatic carbocycles. The van der Waals surface area contributed by atoms with E-state index in [1.807, 2.05) is 18.7 Å². The van der Waals surface area contributed by atoms with Crippen LogP contribution in [0, 0.1) is 6.92 Å². The summed E-state index contributed by atoms with van der Waals surface area (Å²) in [6.07, 6.45) is -3.11. The molecule has 4 nitrogen and oxygen atoms in total. The zero-order valence-electron chi connectivity index (χ0n) is 16.2. The van der Waals surface area contributed by atoms with Crippen molar-refractivity contribution < 1.29 is 21.6 Å². The van der Waals surface area contributed by atoms with Gasteiger partial charge in [0.05, 0.1) is 21.0 Å². The van der Waals surface area contributed by atoms with Gasteiger partial charge < -0.3 is 10.6 Å². The largest absolute Gasteiger partial charge is 0.418 e. The third kappa shape index (κ3) is 4.43. The summed E-state index contributed by atoms with van der Waals surface area (Å²) in [5.74, 6) is 0. The highest BCUT2D eigenvalue weighted by Gasteiger charge is 2.35. The Hall–Kier alpha value is -2.22. The number of nitrogen functional groups attached to an aromatic ring is 1. The Morgan fingerprint density at radius 1 is 1.04 bits per heavy atom.